The molecule has 5 rings (SSSR count). The van der Waals surface area contributed by atoms with Crippen molar-refractivity contribution in [2.45, 2.75) is 63.1 Å². The summed E-state index contributed by atoms with van der Waals surface area (Å²) in [5.74, 6) is -3.94. The first-order valence-electron chi connectivity index (χ1n) is 26.3. The van der Waals surface area contributed by atoms with E-state index >= 15 is 4.79 Å². The number of likely N-dealkylation sites (N-methyl/N-ethyl adjacent to an activating group) is 1. The smallest absolute Gasteiger partial charge is 0.336 e. The number of rotatable bonds is 13. The van der Waals surface area contributed by atoms with Gasteiger partial charge in [-0.05, 0) is 78.7 Å². The molecule has 0 saturated carbocycles. The molecule has 1 amide bonds. The third kappa shape index (κ3) is 8.70. The molecule has 0 unspecified atom stereocenters. The number of halogens is 4. The number of benzene rings is 3. The fourth-order valence-corrected chi connectivity index (χ4v) is 5.17. The molecule has 0 radical (unpaired) electrons. The van der Waals surface area contributed by atoms with Gasteiger partial charge in [-0.25, -0.2) is 4.39 Å². The van der Waals surface area contributed by atoms with Crippen LogP contribution in [-0.2, 0) is 42.7 Å². The molecule has 0 fully saturated rings. The molecule has 1 heterocycles. The topological polar surface area (TPSA) is 58.4 Å². The molecule has 0 aliphatic heterocycles. The number of thioether (sulfide) groups is 1. The Labute approximate surface area is 313 Å². The Bertz CT molecular complexity index is 2870. The lowest BCUT2D eigenvalue weighted by Gasteiger charge is -2.28. The summed E-state index contributed by atoms with van der Waals surface area (Å²) in [5.41, 5.74) is -6.96. The zero-order chi connectivity index (χ0) is 56.2. The van der Waals surface area contributed by atoms with Gasteiger partial charge in [-0.1, -0.05) is 73.8 Å². The maximum atomic E-state index is 15.0. The Morgan fingerprint density at radius 2 is 1.60 bits per heavy atom. The summed E-state index contributed by atoms with van der Waals surface area (Å²) in [4.78, 5) is 30.8. The standard InChI is InChI=1S/C36H38F4N4O2S/c1-3-42(4-2)20-21-43(22-25-8-12-27(13-9-25)28-14-16-29(17-15-28)36(38,39)40)33(45)23-44-32-7-5-6-31(32)34(46)41-35(44)47-24-26-10-18-30(37)19-11-26/h8-19H,3-7,20-24H2,1-2H3/i1D3,2D3,3D2,4D2,8D,9D,10D,11D,12D,13D,14D,15D,16D,17D,18D,19D,20D2,21D2. The summed E-state index contributed by atoms with van der Waals surface area (Å²) < 4.78 is 274. The maximum absolute atomic E-state index is 15.0. The highest BCUT2D eigenvalue weighted by molar-refractivity contribution is 7.98. The van der Waals surface area contributed by atoms with Crippen molar-refractivity contribution >= 4 is 17.7 Å². The van der Waals surface area contributed by atoms with Gasteiger partial charge in [-0.2, -0.15) is 18.2 Å². The normalized spacial score (nSPS) is 22.6. The van der Waals surface area contributed by atoms with E-state index < -0.39 is 192 Å². The predicted molar refractivity (Wildman–Crippen MR) is 177 cm³/mol. The molecule has 0 atom stereocenters. The summed E-state index contributed by atoms with van der Waals surface area (Å²) in [6.45, 7) is -29.9. The molecule has 0 bridgehead atoms. The van der Waals surface area contributed by atoms with Crippen LogP contribution in [0.2, 0.25) is 0 Å². The van der Waals surface area contributed by atoms with Crippen molar-refractivity contribution in [3.8, 4) is 11.1 Å². The second-order valence-corrected chi connectivity index (χ2v) is 10.5. The number of nitrogens with zero attached hydrogens (tertiary/aromatic N) is 4. The molecule has 1 aliphatic rings. The summed E-state index contributed by atoms with van der Waals surface area (Å²) in [6, 6.07) is -15.8. The fourth-order valence-electron chi connectivity index (χ4n) is 4.28. The number of fused-ring (bicyclic) bond motifs is 1. The van der Waals surface area contributed by atoms with Crippen LogP contribution < -0.4 is 5.56 Å². The number of carbonyl (C=O) groups is 1. The van der Waals surface area contributed by atoms with E-state index in [0.29, 0.717) is 11.8 Å². The van der Waals surface area contributed by atoms with Gasteiger partial charge in [-0.15, -0.1) is 0 Å². The van der Waals surface area contributed by atoms with Crippen LogP contribution in [0.1, 0.15) is 83.7 Å². The van der Waals surface area contributed by atoms with Crippen LogP contribution in [-0.4, -0.2) is 51.2 Å². The SMILES string of the molecule is [2H]c1c([2H])c(CSc2nc(=O)c3c(n2CC(=O)N(Cc2c([2H])c([2H])c(-c4c([2H])c([2H])c(C(F)(F)F)c([2H])c4[2H])c([2H])c2[2H])C([2H])([2H])C([2H])([2H])N(C([2H])([2H])C([2H])([2H])[2H])C([2H])([2H])C([2H])([2H])[2H])CCC3)c([2H])c([2H])c1F. The number of carbonyl (C=O) groups excluding carboxylic acids is 1. The number of hydrogen-bond donors (Lipinski definition) is 0. The highest BCUT2D eigenvalue weighted by Gasteiger charge is 2.30. The minimum atomic E-state index is -5.47. The van der Waals surface area contributed by atoms with Crippen LogP contribution in [0.25, 0.3) is 11.1 Å². The molecule has 0 spiro atoms. The second-order valence-electron chi connectivity index (χ2n) is 9.51. The van der Waals surface area contributed by atoms with Gasteiger partial charge in [0.05, 0.1) is 24.8 Å². The van der Waals surface area contributed by atoms with Gasteiger partial charge in [0.1, 0.15) is 12.4 Å². The zero-order valence-electron chi connectivity index (χ0n) is 49.8. The molecule has 4 aromatic rings. The van der Waals surface area contributed by atoms with E-state index in [4.69, 9.17) is 32.9 Å². The number of amides is 1. The van der Waals surface area contributed by atoms with E-state index in [1.165, 1.54) is 0 Å². The molecule has 0 saturated heterocycles. The van der Waals surface area contributed by atoms with Gasteiger partial charge in [0.2, 0.25) is 5.91 Å². The quantitative estimate of drug-likeness (QED) is 0.0842. The van der Waals surface area contributed by atoms with Crippen molar-refractivity contribution in [3.05, 3.63) is 117 Å². The summed E-state index contributed by atoms with van der Waals surface area (Å²) in [7, 11) is 0. The number of alkyl halides is 3. The van der Waals surface area contributed by atoms with Crippen LogP contribution in [0, 0.1) is 5.82 Å². The van der Waals surface area contributed by atoms with Crippen molar-refractivity contribution in [3.63, 3.8) is 0 Å². The molecule has 1 aromatic heterocycles. The lowest BCUT2D eigenvalue weighted by Crippen LogP contribution is -2.40. The monoisotopic (exact) mass is 692 g/mol. The van der Waals surface area contributed by atoms with Crippen molar-refractivity contribution in [2.75, 3.05) is 26.0 Å². The van der Waals surface area contributed by atoms with E-state index in [0.717, 1.165) is 4.57 Å². The number of aromatic nitrogens is 2. The third-order valence-corrected chi connectivity index (χ3v) is 7.46. The maximum Gasteiger partial charge on any atom is 0.416 e. The second kappa shape index (κ2) is 15.3. The molecular formula is C36H38F4N4O2S. The van der Waals surface area contributed by atoms with Gasteiger partial charge >= 0.3 is 6.18 Å². The molecule has 248 valence electrons. The van der Waals surface area contributed by atoms with E-state index in [1.54, 1.807) is 0 Å². The summed E-state index contributed by atoms with van der Waals surface area (Å²) >= 11 is 0.457. The van der Waals surface area contributed by atoms with E-state index in [9.17, 15) is 25.1 Å². The largest absolute Gasteiger partial charge is 0.416 e. The van der Waals surface area contributed by atoms with E-state index in [1.807, 2.05) is 0 Å². The molecule has 3 aromatic carbocycles. The first-order chi connectivity index (χ1) is 32.9. The van der Waals surface area contributed by atoms with Gasteiger partial charge in [-0.3, -0.25) is 9.59 Å². The van der Waals surface area contributed by atoms with Crippen LogP contribution in [0.15, 0.2) is 82.5 Å². The lowest BCUT2D eigenvalue weighted by atomic mass is 10.0. The average Bonchev–Trinajstić information content (AvgIpc) is 3.75. The molecule has 47 heavy (non-hydrogen) atoms. The van der Waals surface area contributed by atoms with Crippen LogP contribution in [0.4, 0.5) is 17.6 Å². The zero-order valence-corrected chi connectivity index (χ0v) is 24.6. The Morgan fingerprint density at radius 1 is 0.957 bits per heavy atom. The van der Waals surface area contributed by atoms with Crippen LogP contribution in [0.5, 0.6) is 0 Å². The fraction of sp³-hybridized carbons (Fsp3) is 0.361. The third-order valence-electron chi connectivity index (χ3n) is 6.46. The Hall–Kier alpha value is -3.96. The number of hydrogen-bond acceptors (Lipinski definition) is 5. The van der Waals surface area contributed by atoms with Crippen molar-refractivity contribution in [2.24, 2.45) is 0 Å². The predicted octanol–water partition coefficient (Wildman–Crippen LogP) is 7.22. The van der Waals surface area contributed by atoms with Gasteiger partial charge in [0, 0.05) is 53.0 Å². The van der Waals surface area contributed by atoms with E-state index in [-0.39, 0.29) is 35.4 Å². The lowest BCUT2D eigenvalue weighted by molar-refractivity contribution is -0.137. The first kappa shape index (κ1) is 14.3. The highest BCUT2D eigenvalue weighted by atomic mass is 32.2. The highest BCUT2D eigenvalue weighted by Crippen LogP contribution is 2.31. The Kier molecular flexibility index (Phi) is 4.64. The van der Waals surface area contributed by atoms with Gasteiger partial charge < -0.3 is 14.4 Å². The average molecular weight is 693 g/mol. The minimum absolute atomic E-state index is 0.0119. The van der Waals surface area contributed by atoms with Crippen molar-refractivity contribution in [1.29, 1.82) is 0 Å². The molecule has 1 aliphatic carbocycles. The summed E-state index contributed by atoms with van der Waals surface area (Å²) in [6.07, 6.45) is -5.30. The van der Waals surface area contributed by atoms with Crippen LogP contribution >= 0.6 is 11.8 Å². The Morgan fingerprint density at radius 3 is 2.23 bits per heavy atom. The molecule has 11 heteroatoms. The molecular weight excluding hydrogens is 628 g/mol. The van der Waals surface area contributed by atoms with Gasteiger partial charge in [0.15, 0.2) is 5.16 Å². The Balaban J connectivity index is 1.82. The molecule has 0 N–H and O–H groups in total. The van der Waals surface area contributed by atoms with Crippen molar-refractivity contribution < 1.29 is 58.0 Å². The van der Waals surface area contributed by atoms with E-state index in [2.05, 4.69) is 4.98 Å². The molecule has 6 nitrogen and oxygen atoms in total. The minimum Gasteiger partial charge on any atom is -0.336 e. The van der Waals surface area contributed by atoms with Crippen molar-refractivity contribution in [1.82, 2.24) is 19.4 Å². The first-order valence-corrected chi connectivity index (χ1v) is 14.3. The van der Waals surface area contributed by atoms with Gasteiger partial charge in [0.25, 0.3) is 5.56 Å². The summed E-state index contributed by atoms with van der Waals surface area (Å²) in [5, 5.41) is -0.507. The van der Waals surface area contributed by atoms with Crippen LogP contribution in [0.3, 0.4) is 0 Å².